The molecule has 4 nitrogen and oxygen atoms in total. The van der Waals surface area contributed by atoms with E-state index in [0.29, 0.717) is 0 Å². The summed E-state index contributed by atoms with van der Waals surface area (Å²) in [5.41, 5.74) is 0. The van der Waals surface area contributed by atoms with Crippen molar-refractivity contribution < 1.29 is 0 Å². The second-order valence-electron chi connectivity index (χ2n) is 1.98. The third-order valence-corrected chi connectivity index (χ3v) is 1.63. The summed E-state index contributed by atoms with van der Waals surface area (Å²) in [4.78, 5) is 4.11. The van der Waals surface area contributed by atoms with Gasteiger partial charge in [-0.05, 0) is 6.08 Å². The molecule has 2 heterocycles. The standard InChI is InChI=1S/C5H6N4S/c10-9-4-7-8-3-1-2-6-5(8)9/h1-5,10H. The molecule has 0 aliphatic carbocycles. The fourth-order valence-corrected chi connectivity index (χ4v) is 1.07. The van der Waals surface area contributed by atoms with Gasteiger partial charge in [0.1, 0.15) is 6.34 Å². The SMILES string of the molecule is SN1C=NN2C=CC=NC12. The third kappa shape index (κ3) is 0.706. The Morgan fingerprint density at radius 1 is 1.50 bits per heavy atom. The normalized spacial score (nSPS) is 27.9. The van der Waals surface area contributed by atoms with Crippen LogP contribution in [0.2, 0.25) is 0 Å². The molecule has 0 saturated heterocycles. The van der Waals surface area contributed by atoms with Gasteiger partial charge in [-0.25, -0.2) is 10.0 Å². The number of fused-ring (bicyclic) bond motifs is 1. The van der Waals surface area contributed by atoms with Crippen LogP contribution < -0.4 is 0 Å². The molecule has 0 aromatic rings. The Morgan fingerprint density at radius 2 is 2.40 bits per heavy atom. The van der Waals surface area contributed by atoms with Gasteiger partial charge in [-0.15, -0.1) is 0 Å². The summed E-state index contributed by atoms with van der Waals surface area (Å²) in [6.07, 6.45) is 6.97. The Morgan fingerprint density at radius 3 is 3.20 bits per heavy atom. The molecule has 0 N–H and O–H groups in total. The smallest absolute Gasteiger partial charge is 0.227 e. The first kappa shape index (κ1) is 5.79. The average Bonchev–Trinajstić information content (AvgIpc) is 2.34. The first-order chi connectivity index (χ1) is 4.88. The van der Waals surface area contributed by atoms with Gasteiger partial charge in [-0.2, -0.15) is 5.10 Å². The number of aliphatic imine (C=N–C) groups is 1. The van der Waals surface area contributed by atoms with Crippen molar-refractivity contribution in [1.29, 1.82) is 0 Å². The quantitative estimate of drug-likeness (QED) is 0.508. The van der Waals surface area contributed by atoms with Gasteiger partial charge in [-0.1, -0.05) is 12.8 Å². The number of rotatable bonds is 0. The molecule has 0 aromatic carbocycles. The maximum Gasteiger partial charge on any atom is 0.227 e. The van der Waals surface area contributed by atoms with E-state index in [1.165, 1.54) is 0 Å². The summed E-state index contributed by atoms with van der Waals surface area (Å²) in [5, 5.41) is 5.73. The van der Waals surface area contributed by atoms with Gasteiger partial charge < -0.3 is 0 Å². The zero-order chi connectivity index (χ0) is 6.97. The van der Waals surface area contributed by atoms with Gasteiger partial charge in [-0.3, -0.25) is 4.31 Å². The number of allylic oxidation sites excluding steroid dienone is 1. The van der Waals surface area contributed by atoms with Gasteiger partial charge in [0, 0.05) is 12.4 Å². The molecule has 52 valence electrons. The lowest BCUT2D eigenvalue weighted by Crippen LogP contribution is -2.31. The van der Waals surface area contributed by atoms with Gasteiger partial charge in [0.05, 0.1) is 0 Å². The van der Waals surface area contributed by atoms with Gasteiger partial charge in [0.2, 0.25) is 6.29 Å². The minimum atomic E-state index is -0.0756. The molecule has 2 rings (SSSR count). The number of hydrazone groups is 1. The molecule has 0 radical (unpaired) electrons. The maximum absolute atomic E-state index is 4.11. The Kier molecular flexibility index (Phi) is 1.17. The molecule has 0 aromatic heterocycles. The summed E-state index contributed by atoms with van der Waals surface area (Å²) in [6.45, 7) is 0. The number of hydrogen-bond donors (Lipinski definition) is 1. The largest absolute Gasteiger partial charge is 0.264 e. The first-order valence-corrected chi connectivity index (χ1v) is 3.27. The molecule has 0 amide bonds. The van der Waals surface area contributed by atoms with Crippen LogP contribution in [0.5, 0.6) is 0 Å². The van der Waals surface area contributed by atoms with Crippen LogP contribution in [-0.4, -0.2) is 28.2 Å². The summed E-state index contributed by atoms with van der Waals surface area (Å²) < 4.78 is 1.64. The fraction of sp³-hybridized carbons (Fsp3) is 0.200. The van der Waals surface area contributed by atoms with Crippen molar-refractivity contribution >= 4 is 25.4 Å². The monoisotopic (exact) mass is 154 g/mol. The van der Waals surface area contributed by atoms with Crippen molar-refractivity contribution in [2.75, 3.05) is 0 Å². The highest BCUT2D eigenvalue weighted by Crippen LogP contribution is 2.17. The lowest BCUT2D eigenvalue weighted by molar-refractivity contribution is 0.260. The Labute approximate surface area is 64.1 Å². The Hall–Kier alpha value is -0.970. The van der Waals surface area contributed by atoms with Crippen molar-refractivity contribution in [3.05, 3.63) is 12.3 Å². The van der Waals surface area contributed by atoms with E-state index in [-0.39, 0.29) is 6.29 Å². The van der Waals surface area contributed by atoms with Crippen molar-refractivity contribution in [1.82, 2.24) is 9.31 Å². The number of hydrogen-bond acceptors (Lipinski definition) is 5. The molecule has 2 aliphatic rings. The molecule has 0 saturated carbocycles. The van der Waals surface area contributed by atoms with E-state index >= 15 is 0 Å². The Bertz CT molecular complexity index is 222. The van der Waals surface area contributed by atoms with Crippen molar-refractivity contribution in [3.63, 3.8) is 0 Å². The second-order valence-corrected chi connectivity index (χ2v) is 2.44. The van der Waals surface area contributed by atoms with Crippen LogP contribution in [0.4, 0.5) is 0 Å². The molecule has 0 bridgehead atoms. The summed E-state index contributed by atoms with van der Waals surface area (Å²) in [5.74, 6) is 0. The molecule has 1 unspecified atom stereocenters. The molecule has 10 heavy (non-hydrogen) atoms. The van der Waals surface area contributed by atoms with Gasteiger partial charge in [0.15, 0.2) is 0 Å². The summed E-state index contributed by atoms with van der Waals surface area (Å²) >= 11 is 4.11. The van der Waals surface area contributed by atoms with Crippen LogP contribution in [0.15, 0.2) is 22.4 Å². The van der Waals surface area contributed by atoms with Crippen LogP contribution in [0, 0.1) is 0 Å². The highest BCUT2D eigenvalue weighted by atomic mass is 32.1. The molecule has 2 aliphatic heterocycles. The van der Waals surface area contributed by atoms with E-state index in [9.17, 15) is 0 Å². The van der Waals surface area contributed by atoms with Crippen LogP contribution >= 0.6 is 12.8 Å². The zero-order valence-electron chi connectivity index (χ0n) is 5.12. The van der Waals surface area contributed by atoms with E-state index in [2.05, 4.69) is 22.9 Å². The van der Waals surface area contributed by atoms with E-state index in [1.54, 1.807) is 21.9 Å². The lowest BCUT2D eigenvalue weighted by atomic mass is 10.5. The topological polar surface area (TPSA) is 31.2 Å². The van der Waals surface area contributed by atoms with Crippen molar-refractivity contribution in [2.45, 2.75) is 6.29 Å². The van der Waals surface area contributed by atoms with Gasteiger partial charge in [0.25, 0.3) is 0 Å². The second kappa shape index (κ2) is 2.02. The Balaban J connectivity index is 2.26. The lowest BCUT2D eigenvalue weighted by Gasteiger charge is -2.21. The van der Waals surface area contributed by atoms with E-state index < -0.39 is 0 Å². The van der Waals surface area contributed by atoms with Crippen LogP contribution in [0.3, 0.4) is 0 Å². The van der Waals surface area contributed by atoms with E-state index in [0.717, 1.165) is 0 Å². The van der Waals surface area contributed by atoms with E-state index in [1.807, 2.05) is 12.3 Å². The molecular weight excluding hydrogens is 148 g/mol. The maximum atomic E-state index is 4.11. The highest BCUT2D eigenvalue weighted by molar-refractivity contribution is 7.78. The number of thiol groups is 1. The van der Waals surface area contributed by atoms with E-state index in [4.69, 9.17) is 0 Å². The summed E-state index contributed by atoms with van der Waals surface area (Å²) in [6, 6.07) is 0. The van der Waals surface area contributed by atoms with Crippen LogP contribution in [0.1, 0.15) is 0 Å². The molecule has 1 atom stereocenters. The predicted molar refractivity (Wildman–Crippen MR) is 42.6 cm³/mol. The molecule has 0 fully saturated rings. The van der Waals surface area contributed by atoms with Gasteiger partial charge >= 0.3 is 0 Å². The third-order valence-electron chi connectivity index (χ3n) is 1.32. The predicted octanol–water partition coefficient (Wildman–Crippen LogP) is 0.274. The number of nitrogens with zero attached hydrogens (tertiary/aromatic N) is 4. The highest BCUT2D eigenvalue weighted by Gasteiger charge is 2.23. The first-order valence-electron chi connectivity index (χ1n) is 2.87. The molecule has 0 spiro atoms. The zero-order valence-corrected chi connectivity index (χ0v) is 6.02. The summed E-state index contributed by atoms with van der Waals surface area (Å²) in [7, 11) is 0. The van der Waals surface area contributed by atoms with Crippen molar-refractivity contribution in [3.8, 4) is 0 Å². The molecular formula is C5H6N4S. The van der Waals surface area contributed by atoms with Crippen LogP contribution in [0.25, 0.3) is 0 Å². The molecule has 5 heteroatoms. The van der Waals surface area contributed by atoms with Crippen molar-refractivity contribution in [2.24, 2.45) is 10.1 Å². The minimum absolute atomic E-state index is 0.0756. The van der Waals surface area contributed by atoms with Crippen LogP contribution in [-0.2, 0) is 0 Å². The minimum Gasteiger partial charge on any atom is -0.264 e. The average molecular weight is 154 g/mol. The fourth-order valence-electron chi connectivity index (χ4n) is 0.858.